The Morgan fingerprint density at radius 2 is 1.92 bits per heavy atom. The molecule has 25 heavy (non-hydrogen) atoms. The van der Waals surface area contributed by atoms with Crippen molar-refractivity contribution in [3.05, 3.63) is 22.4 Å². The van der Waals surface area contributed by atoms with Gasteiger partial charge in [0.2, 0.25) is 5.91 Å². The third-order valence-corrected chi connectivity index (χ3v) is 5.67. The Morgan fingerprint density at radius 1 is 1.24 bits per heavy atom. The normalized spacial score (nSPS) is 20.6. The summed E-state index contributed by atoms with van der Waals surface area (Å²) in [5, 5.41) is 6.80. The van der Waals surface area contributed by atoms with Crippen molar-refractivity contribution in [3.63, 3.8) is 0 Å². The molecule has 2 aliphatic rings. The Balaban J connectivity index is 0.00000225. The van der Waals surface area contributed by atoms with E-state index in [9.17, 15) is 9.59 Å². The number of carbonyl (C=O) groups excluding carboxylic acids is 2. The summed E-state index contributed by atoms with van der Waals surface area (Å²) < 4.78 is 5.34. The molecule has 0 spiro atoms. The maximum absolute atomic E-state index is 12.6. The molecule has 1 aromatic rings. The fourth-order valence-corrected chi connectivity index (χ4v) is 4.03. The van der Waals surface area contributed by atoms with E-state index < -0.39 is 6.04 Å². The van der Waals surface area contributed by atoms with Crippen LogP contribution in [0.5, 0.6) is 0 Å². The van der Waals surface area contributed by atoms with Gasteiger partial charge in [-0.1, -0.05) is 0 Å². The quantitative estimate of drug-likeness (QED) is 0.822. The molecule has 2 saturated heterocycles. The summed E-state index contributed by atoms with van der Waals surface area (Å²) in [6.45, 7) is 2.71. The standard InChI is InChI=1S/C17H25N3O3S.ClH/c18-15(12-3-8-23-9-4-12)17(22)20-6-1-14(2-7-20)19-16(21)13-5-10-24-11-13;/h5,10-12,14-15H,1-4,6-9,18H2,(H,19,21);1H. The Kier molecular flexibility index (Phi) is 7.68. The summed E-state index contributed by atoms with van der Waals surface area (Å²) in [4.78, 5) is 26.5. The second kappa shape index (κ2) is 9.52. The van der Waals surface area contributed by atoms with Gasteiger partial charge in [-0.05, 0) is 43.0 Å². The third kappa shape index (κ3) is 5.17. The number of nitrogens with two attached hydrogens (primary N) is 1. The first-order valence-corrected chi connectivity index (χ1v) is 9.54. The Hall–Kier alpha value is -1.15. The van der Waals surface area contributed by atoms with Crippen LogP contribution in [0, 0.1) is 5.92 Å². The molecule has 1 unspecified atom stereocenters. The van der Waals surface area contributed by atoms with E-state index in [4.69, 9.17) is 10.5 Å². The average molecular weight is 388 g/mol. The van der Waals surface area contributed by atoms with E-state index in [1.54, 1.807) is 0 Å². The van der Waals surface area contributed by atoms with Crippen molar-refractivity contribution >= 4 is 35.6 Å². The van der Waals surface area contributed by atoms with E-state index in [0.29, 0.717) is 31.9 Å². The fraction of sp³-hybridized carbons (Fsp3) is 0.647. The number of nitrogens with zero attached hydrogens (tertiary/aromatic N) is 1. The molecule has 1 atom stereocenters. The van der Waals surface area contributed by atoms with Crippen LogP contribution >= 0.6 is 23.7 Å². The molecule has 0 radical (unpaired) electrons. The van der Waals surface area contributed by atoms with Crippen LogP contribution in [0.1, 0.15) is 36.0 Å². The summed E-state index contributed by atoms with van der Waals surface area (Å²) in [6, 6.07) is 1.53. The molecule has 8 heteroatoms. The molecule has 3 N–H and O–H groups in total. The van der Waals surface area contributed by atoms with Gasteiger partial charge in [-0.2, -0.15) is 11.3 Å². The van der Waals surface area contributed by atoms with Gasteiger partial charge in [-0.3, -0.25) is 9.59 Å². The second-order valence-corrected chi connectivity index (χ2v) is 7.34. The first kappa shape index (κ1) is 20.2. The molecule has 2 fully saturated rings. The van der Waals surface area contributed by atoms with Gasteiger partial charge in [0.25, 0.3) is 5.91 Å². The van der Waals surface area contributed by atoms with Gasteiger partial charge in [0.1, 0.15) is 0 Å². The third-order valence-electron chi connectivity index (χ3n) is 4.98. The van der Waals surface area contributed by atoms with Crippen molar-refractivity contribution in [2.24, 2.45) is 11.7 Å². The lowest BCUT2D eigenvalue weighted by atomic mass is 9.91. The number of rotatable bonds is 4. The molecule has 2 amide bonds. The number of hydrogen-bond acceptors (Lipinski definition) is 5. The number of likely N-dealkylation sites (tertiary alicyclic amines) is 1. The van der Waals surface area contributed by atoms with Gasteiger partial charge in [0.05, 0.1) is 6.04 Å². The van der Waals surface area contributed by atoms with Gasteiger partial charge in [-0.15, -0.1) is 12.4 Å². The lowest BCUT2D eigenvalue weighted by Gasteiger charge is -2.36. The largest absolute Gasteiger partial charge is 0.381 e. The lowest BCUT2D eigenvalue weighted by Crippen LogP contribution is -2.53. The molecule has 0 aromatic carbocycles. The maximum atomic E-state index is 12.6. The number of amides is 2. The highest BCUT2D eigenvalue weighted by molar-refractivity contribution is 7.08. The predicted octanol–water partition coefficient (Wildman–Crippen LogP) is 1.64. The Labute approximate surface area is 158 Å². The molecule has 1 aromatic heterocycles. The number of hydrogen-bond donors (Lipinski definition) is 2. The van der Waals surface area contributed by atoms with E-state index in [2.05, 4.69) is 5.32 Å². The molecule has 2 aliphatic heterocycles. The molecule has 0 aliphatic carbocycles. The first-order valence-electron chi connectivity index (χ1n) is 8.60. The number of piperidine rings is 1. The predicted molar refractivity (Wildman–Crippen MR) is 100 cm³/mol. The summed E-state index contributed by atoms with van der Waals surface area (Å²) in [7, 11) is 0. The van der Waals surface area contributed by atoms with Crippen molar-refractivity contribution in [2.75, 3.05) is 26.3 Å². The average Bonchev–Trinajstić information content (AvgIpc) is 3.17. The second-order valence-electron chi connectivity index (χ2n) is 6.56. The van der Waals surface area contributed by atoms with Gasteiger partial charge in [-0.25, -0.2) is 0 Å². The number of ether oxygens (including phenoxy) is 1. The summed E-state index contributed by atoms with van der Waals surface area (Å²) in [6.07, 6.45) is 3.28. The monoisotopic (exact) mass is 387 g/mol. The molecule has 6 nitrogen and oxygen atoms in total. The van der Waals surface area contributed by atoms with E-state index >= 15 is 0 Å². The molecular weight excluding hydrogens is 362 g/mol. The Morgan fingerprint density at radius 3 is 2.52 bits per heavy atom. The number of thiophene rings is 1. The summed E-state index contributed by atoms with van der Waals surface area (Å²) >= 11 is 1.51. The summed E-state index contributed by atoms with van der Waals surface area (Å²) in [5.74, 6) is 0.242. The molecule has 0 bridgehead atoms. The topological polar surface area (TPSA) is 84.7 Å². The van der Waals surface area contributed by atoms with E-state index in [1.165, 1.54) is 11.3 Å². The van der Waals surface area contributed by atoms with Gasteiger partial charge in [0, 0.05) is 43.3 Å². The van der Waals surface area contributed by atoms with Crippen LogP contribution in [-0.2, 0) is 9.53 Å². The van der Waals surface area contributed by atoms with Gasteiger partial charge < -0.3 is 20.7 Å². The van der Waals surface area contributed by atoms with E-state index in [-0.39, 0.29) is 36.2 Å². The van der Waals surface area contributed by atoms with Crippen LogP contribution in [0.15, 0.2) is 16.8 Å². The van der Waals surface area contributed by atoms with E-state index in [1.807, 2.05) is 21.7 Å². The van der Waals surface area contributed by atoms with Crippen molar-refractivity contribution in [3.8, 4) is 0 Å². The molecular formula is C17H26ClN3O3S. The molecule has 0 saturated carbocycles. The number of carbonyl (C=O) groups is 2. The van der Waals surface area contributed by atoms with Gasteiger partial charge >= 0.3 is 0 Å². The van der Waals surface area contributed by atoms with Crippen LogP contribution in [0.2, 0.25) is 0 Å². The minimum atomic E-state index is -0.425. The molecule has 3 heterocycles. The highest BCUT2D eigenvalue weighted by Gasteiger charge is 2.32. The molecule has 3 rings (SSSR count). The Bertz CT molecular complexity index is 555. The zero-order valence-corrected chi connectivity index (χ0v) is 15.8. The smallest absolute Gasteiger partial charge is 0.252 e. The van der Waals surface area contributed by atoms with Gasteiger partial charge in [0.15, 0.2) is 0 Å². The fourth-order valence-electron chi connectivity index (χ4n) is 3.39. The SMILES string of the molecule is Cl.NC(C(=O)N1CCC(NC(=O)c2ccsc2)CC1)C1CCOCC1. The zero-order chi connectivity index (χ0) is 16.9. The van der Waals surface area contributed by atoms with Crippen LogP contribution < -0.4 is 11.1 Å². The van der Waals surface area contributed by atoms with Crippen molar-refractivity contribution in [1.82, 2.24) is 10.2 Å². The van der Waals surface area contributed by atoms with Crippen LogP contribution in [0.4, 0.5) is 0 Å². The zero-order valence-electron chi connectivity index (χ0n) is 14.2. The van der Waals surface area contributed by atoms with Crippen molar-refractivity contribution in [1.29, 1.82) is 0 Å². The molecule has 140 valence electrons. The summed E-state index contributed by atoms with van der Waals surface area (Å²) in [5.41, 5.74) is 6.90. The first-order chi connectivity index (χ1) is 11.6. The van der Waals surface area contributed by atoms with Crippen LogP contribution in [0.3, 0.4) is 0 Å². The van der Waals surface area contributed by atoms with Crippen molar-refractivity contribution in [2.45, 2.75) is 37.8 Å². The van der Waals surface area contributed by atoms with E-state index in [0.717, 1.165) is 25.7 Å². The number of halogens is 1. The highest BCUT2D eigenvalue weighted by Crippen LogP contribution is 2.21. The van der Waals surface area contributed by atoms with Crippen LogP contribution in [-0.4, -0.2) is 55.1 Å². The number of nitrogens with one attached hydrogen (secondary N) is 1. The maximum Gasteiger partial charge on any atom is 0.252 e. The highest BCUT2D eigenvalue weighted by atomic mass is 35.5. The van der Waals surface area contributed by atoms with Crippen molar-refractivity contribution < 1.29 is 14.3 Å². The minimum Gasteiger partial charge on any atom is -0.381 e. The lowest BCUT2D eigenvalue weighted by molar-refractivity contribution is -0.135. The van der Waals surface area contributed by atoms with Crippen LogP contribution in [0.25, 0.3) is 0 Å². The minimum absolute atomic E-state index is 0.